The Morgan fingerprint density at radius 3 is 2.42 bits per heavy atom. The van der Waals surface area contributed by atoms with Gasteiger partial charge in [-0.15, -0.1) is 12.4 Å². The third kappa shape index (κ3) is 4.35. The van der Waals surface area contributed by atoms with Crippen molar-refractivity contribution in [1.82, 2.24) is 5.32 Å². The van der Waals surface area contributed by atoms with Crippen LogP contribution in [0.2, 0.25) is 0 Å². The number of hydrogen-bond acceptors (Lipinski definition) is 2. The Balaban J connectivity index is 0.00000180. The molecule has 2 unspecified atom stereocenters. The summed E-state index contributed by atoms with van der Waals surface area (Å²) < 4.78 is 0. The SMILES string of the molecule is CC1CCCC1NC(=O)CC1(CN)CCCCC1.Cl. The summed E-state index contributed by atoms with van der Waals surface area (Å²) in [5.74, 6) is 0.884. The average molecular weight is 289 g/mol. The molecule has 19 heavy (non-hydrogen) atoms. The number of amides is 1. The molecule has 2 aliphatic rings. The predicted molar refractivity (Wildman–Crippen MR) is 81.4 cm³/mol. The fourth-order valence-corrected chi connectivity index (χ4v) is 3.71. The fourth-order valence-electron chi connectivity index (χ4n) is 3.71. The van der Waals surface area contributed by atoms with E-state index in [1.165, 1.54) is 32.1 Å². The van der Waals surface area contributed by atoms with Gasteiger partial charge >= 0.3 is 0 Å². The normalized spacial score (nSPS) is 29.6. The molecule has 0 bridgehead atoms. The Morgan fingerprint density at radius 1 is 1.21 bits per heavy atom. The Labute approximate surface area is 123 Å². The lowest BCUT2D eigenvalue weighted by atomic mass is 9.71. The number of halogens is 1. The van der Waals surface area contributed by atoms with Gasteiger partial charge < -0.3 is 11.1 Å². The molecule has 0 spiro atoms. The molecule has 0 saturated heterocycles. The van der Waals surface area contributed by atoms with Crippen molar-refractivity contribution in [3.05, 3.63) is 0 Å². The van der Waals surface area contributed by atoms with Crippen molar-refractivity contribution in [3.8, 4) is 0 Å². The minimum atomic E-state index is 0. The van der Waals surface area contributed by atoms with Gasteiger partial charge in [-0.25, -0.2) is 0 Å². The third-order valence-corrected chi connectivity index (χ3v) is 5.09. The average Bonchev–Trinajstić information content (AvgIpc) is 2.76. The highest BCUT2D eigenvalue weighted by Gasteiger charge is 2.34. The molecule has 1 amide bonds. The molecule has 2 fully saturated rings. The first-order chi connectivity index (χ1) is 8.65. The van der Waals surface area contributed by atoms with Crippen LogP contribution in [-0.2, 0) is 4.79 Å². The van der Waals surface area contributed by atoms with E-state index in [2.05, 4.69) is 12.2 Å². The number of rotatable bonds is 4. The number of hydrogen-bond donors (Lipinski definition) is 2. The zero-order valence-electron chi connectivity index (χ0n) is 12.1. The first-order valence-electron chi connectivity index (χ1n) is 7.65. The van der Waals surface area contributed by atoms with Crippen molar-refractivity contribution in [2.45, 2.75) is 70.8 Å². The molecule has 2 saturated carbocycles. The monoisotopic (exact) mass is 288 g/mol. The first kappa shape index (κ1) is 16.8. The maximum atomic E-state index is 12.2. The molecule has 4 heteroatoms. The van der Waals surface area contributed by atoms with Gasteiger partial charge in [0.25, 0.3) is 0 Å². The number of nitrogens with one attached hydrogen (secondary N) is 1. The predicted octanol–water partition coefficient (Wildman–Crippen LogP) is 3.01. The smallest absolute Gasteiger partial charge is 0.220 e. The van der Waals surface area contributed by atoms with Gasteiger partial charge in [0.15, 0.2) is 0 Å². The molecule has 0 aromatic rings. The second-order valence-electron chi connectivity index (χ2n) is 6.52. The standard InChI is InChI=1S/C15H28N2O.ClH/c1-12-6-5-7-13(12)17-14(18)10-15(11-16)8-3-2-4-9-15;/h12-13H,2-11,16H2,1H3,(H,17,18);1H. The summed E-state index contributed by atoms with van der Waals surface area (Å²) in [6, 6.07) is 0.413. The van der Waals surface area contributed by atoms with Gasteiger partial charge in [-0.3, -0.25) is 4.79 Å². The molecule has 112 valence electrons. The Hall–Kier alpha value is -0.280. The van der Waals surface area contributed by atoms with E-state index in [0.29, 0.717) is 24.9 Å². The van der Waals surface area contributed by atoms with Crippen LogP contribution in [0.5, 0.6) is 0 Å². The molecule has 2 rings (SSSR count). The van der Waals surface area contributed by atoms with E-state index in [4.69, 9.17) is 5.73 Å². The van der Waals surface area contributed by atoms with E-state index in [0.717, 1.165) is 19.3 Å². The highest BCUT2D eigenvalue weighted by molar-refractivity contribution is 5.85. The van der Waals surface area contributed by atoms with Crippen molar-refractivity contribution in [2.75, 3.05) is 6.54 Å². The molecule has 0 aromatic carbocycles. The van der Waals surface area contributed by atoms with Crippen LogP contribution >= 0.6 is 12.4 Å². The number of carbonyl (C=O) groups excluding carboxylic acids is 1. The lowest BCUT2D eigenvalue weighted by Gasteiger charge is -2.36. The van der Waals surface area contributed by atoms with Gasteiger partial charge in [-0.1, -0.05) is 32.6 Å². The number of carbonyl (C=O) groups is 1. The summed E-state index contributed by atoms with van der Waals surface area (Å²) in [5, 5.41) is 3.24. The van der Waals surface area contributed by atoms with Gasteiger partial charge in [-0.05, 0) is 43.6 Å². The topological polar surface area (TPSA) is 55.1 Å². The zero-order valence-corrected chi connectivity index (χ0v) is 12.9. The second-order valence-corrected chi connectivity index (χ2v) is 6.52. The zero-order chi connectivity index (χ0) is 13.0. The summed E-state index contributed by atoms with van der Waals surface area (Å²) in [7, 11) is 0. The summed E-state index contributed by atoms with van der Waals surface area (Å²) in [5.41, 5.74) is 6.04. The molecule has 0 heterocycles. The van der Waals surface area contributed by atoms with E-state index in [-0.39, 0.29) is 23.7 Å². The number of nitrogens with two attached hydrogens (primary N) is 1. The van der Waals surface area contributed by atoms with Crippen LogP contribution in [0.4, 0.5) is 0 Å². The van der Waals surface area contributed by atoms with Crippen molar-refractivity contribution >= 4 is 18.3 Å². The molecule has 0 aromatic heterocycles. The summed E-state index contributed by atoms with van der Waals surface area (Å²) in [6.07, 6.45) is 10.4. The summed E-state index contributed by atoms with van der Waals surface area (Å²) in [4.78, 5) is 12.2. The van der Waals surface area contributed by atoms with Crippen LogP contribution < -0.4 is 11.1 Å². The van der Waals surface area contributed by atoms with Gasteiger partial charge in [0, 0.05) is 12.5 Å². The van der Waals surface area contributed by atoms with E-state index in [1.54, 1.807) is 0 Å². The maximum absolute atomic E-state index is 12.2. The van der Waals surface area contributed by atoms with Crippen LogP contribution in [0.3, 0.4) is 0 Å². The molecule has 0 radical (unpaired) electrons. The first-order valence-corrected chi connectivity index (χ1v) is 7.65. The van der Waals surface area contributed by atoms with Gasteiger partial charge in [0.05, 0.1) is 0 Å². The van der Waals surface area contributed by atoms with E-state index < -0.39 is 0 Å². The van der Waals surface area contributed by atoms with Gasteiger partial charge in [0.1, 0.15) is 0 Å². The lowest BCUT2D eigenvalue weighted by Crippen LogP contribution is -2.42. The fraction of sp³-hybridized carbons (Fsp3) is 0.933. The van der Waals surface area contributed by atoms with Crippen LogP contribution in [0, 0.1) is 11.3 Å². The minimum absolute atomic E-state index is 0. The Bertz CT molecular complexity index is 290. The molecule has 2 atom stereocenters. The third-order valence-electron chi connectivity index (χ3n) is 5.09. The van der Waals surface area contributed by atoms with Crippen molar-refractivity contribution in [1.29, 1.82) is 0 Å². The van der Waals surface area contributed by atoms with E-state index in [1.807, 2.05) is 0 Å². The van der Waals surface area contributed by atoms with Crippen LogP contribution in [0.1, 0.15) is 64.7 Å². The summed E-state index contributed by atoms with van der Waals surface area (Å²) in [6.45, 7) is 2.91. The Kier molecular flexibility index (Phi) is 6.61. The van der Waals surface area contributed by atoms with Crippen LogP contribution in [0.15, 0.2) is 0 Å². The van der Waals surface area contributed by atoms with Crippen molar-refractivity contribution in [3.63, 3.8) is 0 Å². The molecule has 0 aliphatic heterocycles. The molecule has 3 nitrogen and oxygen atoms in total. The van der Waals surface area contributed by atoms with Crippen LogP contribution in [-0.4, -0.2) is 18.5 Å². The van der Waals surface area contributed by atoms with Crippen molar-refractivity contribution in [2.24, 2.45) is 17.1 Å². The van der Waals surface area contributed by atoms with Crippen molar-refractivity contribution < 1.29 is 4.79 Å². The lowest BCUT2D eigenvalue weighted by molar-refractivity contribution is -0.124. The molecule has 3 N–H and O–H groups in total. The maximum Gasteiger partial charge on any atom is 0.220 e. The van der Waals surface area contributed by atoms with E-state index in [9.17, 15) is 4.79 Å². The Morgan fingerprint density at radius 2 is 1.89 bits per heavy atom. The van der Waals surface area contributed by atoms with Gasteiger partial charge in [-0.2, -0.15) is 0 Å². The second kappa shape index (κ2) is 7.49. The van der Waals surface area contributed by atoms with Crippen LogP contribution in [0.25, 0.3) is 0 Å². The quantitative estimate of drug-likeness (QED) is 0.835. The van der Waals surface area contributed by atoms with E-state index >= 15 is 0 Å². The minimum Gasteiger partial charge on any atom is -0.353 e. The largest absolute Gasteiger partial charge is 0.353 e. The molecular weight excluding hydrogens is 260 g/mol. The molecule has 2 aliphatic carbocycles. The van der Waals surface area contributed by atoms with Gasteiger partial charge in [0.2, 0.25) is 5.91 Å². The highest BCUT2D eigenvalue weighted by Crippen LogP contribution is 2.38. The highest BCUT2D eigenvalue weighted by atomic mass is 35.5. The molecular formula is C15H29ClN2O. The summed E-state index contributed by atoms with van der Waals surface area (Å²) >= 11 is 0.